The van der Waals surface area contributed by atoms with Crippen molar-refractivity contribution in [3.63, 3.8) is 0 Å². The summed E-state index contributed by atoms with van der Waals surface area (Å²) in [5.41, 5.74) is 3.86. The standard InChI is InChI=1S/C22H21N3O3S/c1-3-25-20-7-5-4-6-18(20)19-14-17(12-13-21(19)25)23-22(26)15-8-10-16(11-9-15)24-29(2,27)28/h4-14,24H,3H2,1-2H3,(H,23,26). The normalized spacial score (nSPS) is 11.7. The van der Waals surface area contributed by atoms with E-state index < -0.39 is 10.0 Å². The van der Waals surface area contributed by atoms with Gasteiger partial charge < -0.3 is 9.88 Å². The number of sulfonamides is 1. The molecule has 0 bridgehead atoms. The van der Waals surface area contributed by atoms with Crippen LogP contribution in [0.2, 0.25) is 0 Å². The Hall–Kier alpha value is -3.32. The summed E-state index contributed by atoms with van der Waals surface area (Å²) in [6.07, 6.45) is 1.08. The number of para-hydroxylation sites is 1. The second-order valence-corrected chi connectivity index (χ2v) is 8.65. The predicted octanol–water partition coefficient (Wildman–Crippen LogP) is 4.44. The number of amides is 1. The number of rotatable bonds is 5. The number of aromatic nitrogens is 1. The lowest BCUT2D eigenvalue weighted by atomic mass is 10.1. The first-order chi connectivity index (χ1) is 13.9. The molecule has 29 heavy (non-hydrogen) atoms. The van der Waals surface area contributed by atoms with E-state index in [2.05, 4.69) is 33.7 Å². The lowest BCUT2D eigenvalue weighted by Crippen LogP contribution is -2.13. The van der Waals surface area contributed by atoms with Gasteiger partial charge in [-0.05, 0) is 55.5 Å². The first-order valence-electron chi connectivity index (χ1n) is 9.26. The Balaban J connectivity index is 1.62. The minimum absolute atomic E-state index is 0.255. The lowest BCUT2D eigenvalue weighted by Gasteiger charge is -2.08. The maximum Gasteiger partial charge on any atom is 0.255 e. The lowest BCUT2D eigenvalue weighted by molar-refractivity contribution is 0.102. The third-order valence-corrected chi connectivity index (χ3v) is 5.40. The number of hydrogen-bond acceptors (Lipinski definition) is 3. The summed E-state index contributed by atoms with van der Waals surface area (Å²) in [5, 5.41) is 5.16. The molecule has 4 aromatic rings. The second kappa shape index (κ2) is 7.25. The molecule has 7 heteroatoms. The molecule has 4 rings (SSSR count). The zero-order valence-corrected chi connectivity index (χ0v) is 17.0. The van der Waals surface area contributed by atoms with Crippen molar-refractivity contribution < 1.29 is 13.2 Å². The Morgan fingerprint density at radius 3 is 2.24 bits per heavy atom. The molecule has 1 aromatic heterocycles. The molecular weight excluding hydrogens is 386 g/mol. The topological polar surface area (TPSA) is 80.2 Å². The van der Waals surface area contributed by atoms with Gasteiger partial charge in [-0.3, -0.25) is 9.52 Å². The molecule has 1 heterocycles. The Kier molecular flexibility index (Phi) is 4.76. The largest absolute Gasteiger partial charge is 0.341 e. The number of anilines is 2. The highest BCUT2D eigenvalue weighted by Gasteiger charge is 2.12. The number of nitrogens with zero attached hydrogens (tertiary/aromatic N) is 1. The molecule has 0 atom stereocenters. The third-order valence-electron chi connectivity index (χ3n) is 4.80. The van der Waals surface area contributed by atoms with Crippen LogP contribution in [0, 0.1) is 0 Å². The summed E-state index contributed by atoms with van der Waals surface area (Å²) in [5.74, 6) is -0.255. The molecule has 0 aliphatic heterocycles. The average molecular weight is 407 g/mol. The van der Waals surface area contributed by atoms with E-state index in [1.54, 1.807) is 24.3 Å². The minimum Gasteiger partial charge on any atom is -0.341 e. The van der Waals surface area contributed by atoms with E-state index >= 15 is 0 Å². The number of fused-ring (bicyclic) bond motifs is 3. The highest BCUT2D eigenvalue weighted by Crippen LogP contribution is 2.31. The van der Waals surface area contributed by atoms with Crippen molar-refractivity contribution in [2.24, 2.45) is 0 Å². The second-order valence-electron chi connectivity index (χ2n) is 6.90. The molecule has 6 nitrogen and oxygen atoms in total. The molecule has 0 spiro atoms. The molecule has 0 aliphatic carbocycles. The molecule has 0 saturated carbocycles. The number of hydrogen-bond donors (Lipinski definition) is 2. The van der Waals surface area contributed by atoms with Crippen LogP contribution in [0.25, 0.3) is 21.8 Å². The third kappa shape index (κ3) is 3.82. The van der Waals surface area contributed by atoms with Crippen LogP contribution in [-0.4, -0.2) is 25.1 Å². The van der Waals surface area contributed by atoms with Gasteiger partial charge in [-0.15, -0.1) is 0 Å². The van der Waals surface area contributed by atoms with Crippen LogP contribution in [0.5, 0.6) is 0 Å². The van der Waals surface area contributed by atoms with Gasteiger partial charge in [-0.1, -0.05) is 18.2 Å². The number of carbonyl (C=O) groups is 1. The van der Waals surface area contributed by atoms with E-state index in [0.717, 1.165) is 29.1 Å². The minimum atomic E-state index is -3.35. The zero-order chi connectivity index (χ0) is 20.6. The van der Waals surface area contributed by atoms with Crippen molar-refractivity contribution in [1.29, 1.82) is 0 Å². The van der Waals surface area contributed by atoms with Gasteiger partial charge in [0.1, 0.15) is 0 Å². The van der Waals surface area contributed by atoms with Crippen molar-refractivity contribution in [2.75, 3.05) is 16.3 Å². The monoisotopic (exact) mass is 407 g/mol. The molecule has 0 radical (unpaired) electrons. The molecule has 1 amide bonds. The van der Waals surface area contributed by atoms with E-state index in [0.29, 0.717) is 16.9 Å². The quantitative estimate of drug-likeness (QED) is 0.513. The molecule has 2 N–H and O–H groups in total. The fraction of sp³-hybridized carbons (Fsp3) is 0.136. The summed E-state index contributed by atoms with van der Waals surface area (Å²) in [6.45, 7) is 2.98. The van der Waals surface area contributed by atoms with Crippen LogP contribution >= 0.6 is 0 Å². The maximum absolute atomic E-state index is 12.6. The van der Waals surface area contributed by atoms with Crippen LogP contribution in [0.4, 0.5) is 11.4 Å². The molecule has 0 fully saturated rings. The van der Waals surface area contributed by atoms with Gasteiger partial charge in [0.05, 0.1) is 6.26 Å². The summed E-state index contributed by atoms with van der Waals surface area (Å²) in [4.78, 5) is 12.6. The van der Waals surface area contributed by atoms with E-state index in [1.807, 2.05) is 30.3 Å². The van der Waals surface area contributed by atoms with Crippen molar-refractivity contribution in [2.45, 2.75) is 13.5 Å². The van der Waals surface area contributed by atoms with Crippen LogP contribution in [-0.2, 0) is 16.6 Å². The van der Waals surface area contributed by atoms with Gasteiger partial charge in [0.2, 0.25) is 10.0 Å². The van der Waals surface area contributed by atoms with Gasteiger partial charge in [-0.2, -0.15) is 0 Å². The number of aryl methyl sites for hydroxylation is 1. The molecular formula is C22H21N3O3S. The molecule has 0 unspecified atom stereocenters. The molecule has 3 aromatic carbocycles. The Morgan fingerprint density at radius 2 is 1.55 bits per heavy atom. The van der Waals surface area contributed by atoms with Crippen molar-refractivity contribution in [1.82, 2.24) is 4.57 Å². The van der Waals surface area contributed by atoms with E-state index in [1.165, 1.54) is 5.52 Å². The molecule has 148 valence electrons. The Morgan fingerprint density at radius 1 is 0.897 bits per heavy atom. The van der Waals surface area contributed by atoms with Crippen LogP contribution in [0.15, 0.2) is 66.7 Å². The highest BCUT2D eigenvalue weighted by atomic mass is 32.2. The van der Waals surface area contributed by atoms with Gasteiger partial charge >= 0.3 is 0 Å². The van der Waals surface area contributed by atoms with Gasteiger partial charge in [0.15, 0.2) is 0 Å². The number of benzene rings is 3. The fourth-order valence-electron chi connectivity index (χ4n) is 3.58. The van der Waals surface area contributed by atoms with Gasteiger partial charge in [-0.25, -0.2) is 8.42 Å². The Labute approximate surface area is 169 Å². The SMILES string of the molecule is CCn1c2ccccc2c2cc(NC(=O)c3ccc(NS(C)(=O)=O)cc3)ccc21. The first-order valence-corrected chi connectivity index (χ1v) is 11.1. The van der Waals surface area contributed by atoms with Crippen LogP contribution < -0.4 is 10.0 Å². The average Bonchev–Trinajstić information content (AvgIpc) is 3.00. The summed E-state index contributed by atoms with van der Waals surface area (Å²) < 4.78 is 27.2. The predicted molar refractivity (Wildman–Crippen MR) is 118 cm³/mol. The van der Waals surface area contributed by atoms with E-state index in [-0.39, 0.29) is 5.91 Å². The maximum atomic E-state index is 12.6. The van der Waals surface area contributed by atoms with E-state index in [9.17, 15) is 13.2 Å². The fourth-order valence-corrected chi connectivity index (χ4v) is 4.14. The van der Waals surface area contributed by atoms with Crippen LogP contribution in [0.3, 0.4) is 0 Å². The Bertz CT molecular complexity index is 1320. The van der Waals surface area contributed by atoms with Crippen molar-refractivity contribution in [3.8, 4) is 0 Å². The van der Waals surface area contributed by atoms with Crippen molar-refractivity contribution >= 4 is 49.1 Å². The smallest absolute Gasteiger partial charge is 0.255 e. The molecule has 0 aliphatic rings. The number of nitrogens with one attached hydrogen (secondary N) is 2. The zero-order valence-electron chi connectivity index (χ0n) is 16.1. The van der Waals surface area contributed by atoms with Gasteiger partial charge in [0, 0.05) is 45.3 Å². The van der Waals surface area contributed by atoms with E-state index in [4.69, 9.17) is 0 Å². The number of carbonyl (C=O) groups excluding carboxylic acids is 1. The summed E-state index contributed by atoms with van der Waals surface area (Å²) in [7, 11) is -3.35. The van der Waals surface area contributed by atoms with Gasteiger partial charge in [0.25, 0.3) is 5.91 Å². The summed E-state index contributed by atoms with van der Waals surface area (Å²) >= 11 is 0. The van der Waals surface area contributed by atoms with Crippen molar-refractivity contribution in [3.05, 3.63) is 72.3 Å². The first kappa shape index (κ1) is 19.0. The highest BCUT2D eigenvalue weighted by molar-refractivity contribution is 7.92. The molecule has 0 saturated heterocycles. The summed E-state index contributed by atoms with van der Waals surface area (Å²) in [6, 6.07) is 20.4. The van der Waals surface area contributed by atoms with Crippen LogP contribution in [0.1, 0.15) is 17.3 Å².